The first-order valence-electron chi connectivity index (χ1n) is 16.1. The molecular formula is C36H43N5O8S. The van der Waals surface area contributed by atoms with Gasteiger partial charge in [-0.3, -0.25) is 9.59 Å². The number of aromatic nitrogens is 2. The molecule has 4 N–H and O–H groups in total. The zero-order valence-corrected chi connectivity index (χ0v) is 29.8. The fourth-order valence-electron chi connectivity index (χ4n) is 5.14. The Morgan fingerprint density at radius 1 is 1.00 bits per heavy atom. The van der Waals surface area contributed by atoms with Crippen molar-refractivity contribution < 1.29 is 32.6 Å². The summed E-state index contributed by atoms with van der Waals surface area (Å²) in [5, 5.41) is 15.4. The lowest BCUT2D eigenvalue weighted by atomic mass is 10.0. The predicted molar refractivity (Wildman–Crippen MR) is 191 cm³/mol. The number of aliphatic carboxylic acids is 1. The molecule has 1 atom stereocenters. The lowest BCUT2D eigenvalue weighted by molar-refractivity contribution is -0.138. The molecule has 4 aromatic rings. The average molecular weight is 706 g/mol. The number of fused-ring (bicyclic) bond motifs is 1. The first-order chi connectivity index (χ1) is 23.4. The molecule has 266 valence electrons. The molecule has 0 saturated carbocycles. The maximum Gasteiger partial charge on any atom is 0.410 e. The summed E-state index contributed by atoms with van der Waals surface area (Å²) in [6.45, 7) is 8.33. The number of sulfone groups is 1. The second kappa shape index (κ2) is 15.5. The summed E-state index contributed by atoms with van der Waals surface area (Å²) in [6.07, 6.45) is 1.93. The molecule has 4 rings (SSSR count). The van der Waals surface area contributed by atoms with Gasteiger partial charge in [-0.05, 0) is 101 Å². The van der Waals surface area contributed by atoms with Crippen molar-refractivity contribution >= 4 is 50.1 Å². The van der Waals surface area contributed by atoms with Gasteiger partial charge in [-0.1, -0.05) is 24.3 Å². The molecular weight excluding hydrogens is 662 g/mol. The first kappa shape index (κ1) is 37.6. The van der Waals surface area contributed by atoms with Crippen molar-refractivity contribution in [3.05, 3.63) is 94.0 Å². The van der Waals surface area contributed by atoms with Gasteiger partial charge in [0, 0.05) is 24.8 Å². The van der Waals surface area contributed by atoms with Crippen LogP contribution in [0.2, 0.25) is 0 Å². The van der Waals surface area contributed by atoms with E-state index in [-0.39, 0.29) is 29.3 Å². The predicted octanol–water partition coefficient (Wildman–Crippen LogP) is 5.67. The Labute approximate surface area is 291 Å². The van der Waals surface area contributed by atoms with E-state index < -0.39 is 38.8 Å². The van der Waals surface area contributed by atoms with Crippen molar-refractivity contribution in [2.75, 3.05) is 17.7 Å². The molecule has 0 radical (unpaired) electrons. The van der Waals surface area contributed by atoms with Crippen molar-refractivity contribution in [2.45, 2.75) is 82.2 Å². The van der Waals surface area contributed by atoms with Crippen LogP contribution in [0.3, 0.4) is 0 Å². The number of hydrogen-bond acceptors (Lipinski definition) is 9. The quantitative estimate of drug-likeness (QED) is 0.135. The summed E-state index contributed by atoms with van der Waals surface area (Å²) in [5.41, 5.74) is 2.06. The third-order valence-electron chi connectivity index (χ3n) is 7.76. The number of hydrogen-bond donors (Lipinski definition) is 4. The number of carbonyl (C=O) groups is 3. The van der Waals surface area contributed by atoms with Crippen LogP contribution in [0.25, 0.3) is 10.9 Å². The van der Waals surface area contributed by atoms with Gasteiger partial charge in [0.25, 0.3) is 5.56 Å². The third-order valence-corrected chi connectivity index (χ3v) is 10.0. The minimum absolute atomic E-state index is 0.0479. The smallest absolute Gasteiger partial charge is 0.410 e. The molecule has 3 aromatic carbocycles. The van der Waals surface area contributed by atoms with Crippen LogP contribution in [-0.2, 0) is 37.1 Å². The summed E-state index contributed by atoms with van der Waals surface area (Å²) < 4.78 is 31.6. The summed E-state index contributed by atoms with van der Waals surface area (Å²) in [4.78, 5) is 57.7. The maximum atomic E-state index is 13.1. The van der Waals surface area contributed by atoms with Crippen molar-refractivity contribution in [3.8, 4) is 0 Å². The number of carboxylic acids is 1. The fourth-order valence-corrected chi connectivity index (χ4v) is 6.39. The van der Waals surface area contributed by atoms with Crippen LogP contribution in [0, 0.1) is 0 Å². The Balaban J connectivity index is 1.38. The van der Waals surface area contributed by atoms with Gasteiger partial charge in [0.05, 0.1) is 33.9 Å². The zero-order chi connectivity index (χ0) is 36.8. The van der Waals surface area contributed by atoms with Crippen LogP contribution in [0.4, 0.5) is 16.2 Å². The Kier molecular flexibility index (Phi) is 11.7. The van der Waals surface area contributed by atoms with E-state index in [1.165, 1.54) is 30.4 Å². The molecule has 0 aliphatic heterocycles. The van der Waals surface area contributed by atoms with Crippen LogP contribution >= 0.6 is 0 Å². The number of aryl methyl sites for hydroxylation is 1. The normalized spacial score (nSPS) is 12.4. The van der Waals surface area contributed by atoms with E-state index in [2.05, 4.69) is 20.6 Å². The van der Waals surface area contributed by atoms with E-state index >= 15 is 0 Å². The molecule has 0 aliphatic carbocycles. The van der Waals surface area contributed by atoms with Gasteiger partial charge >= 0.3 is 12.1 Å². The van der Waals surface area contributed by atoms with Gasteiger partial charge in [-0.25, -0.2) is 23.0 Å². The number of amides is 2. The number of aromatic amines is 1. The number of rotatable bonds is 13. The van der Waals surface area contributed by atoms with Crippen LogP contribution in [0.5, 0.6) is 0 Å². The number of anilines is 2. The molecule has 0 spiro atoms. The van der Waals surface area contributed by atoms with Crippen LogP contribution in [0.1, 0.15) is 70.2 Å². The zero-order valence-electron chi connectivity index (χ0n) is 28.9. The molecule has 1 heterocycles. The molecule has 13 nitrogen and oxygen atoms in total. The molecule has 50 heavy (non-hydrogen) atoms. The molecule has 14 heteroatoms. The average Bonchev–Trinajstić information content (AvgIpc) is 3.03. The van der Waals surface area contributed by atoms with E-state index in [1.807, 2.05) is 0 Å². The van der Waals surface area contributed by atoms with Gasteiger partial charge in [-0.2, -0.15) is 0 Å². The molecule has 2 amide bonds. The van der Waals surface area contributed by atoms with Gasteiger partial charge in [-0.15, -0.1) is 0 Å². The number of nitrogens with zero attached hydrogens (tertiary/aromatic N) is 2. The molecule has 1 unspecified atom stereocenters. The number of carbonyl (C=O) groups excluding carboxylic acids is 2. The largest absolute Gasteiger partial charge is 0.479 e. The molecule has 0 saturated heterocycles. The molecule has 0 fully saturated rings. The summed E-state index contributed by atoms with van der Waals surface area (Å²) in [7, 11) is -2.17. The minimum Gasteiger partial charge on any atom is -0.479 e. The van der Waals surface area contributed by atoms with Crippen LogP contribution in [-0.4, -0.2) is 64.3 Å². The van der Waals surface area contributed by atoms with E-state index in [4.69, 9.17) is 4.74 Å². The third kappa shape index (κ3) is 9.68. The highest BCUT2D eigenvalue weighted by atomic mass is 32.2. The van der Waals surface area contributed by atoms with Crippen LogP contribution < -0.4 is 16.2 Å². The Bertz CT molecular complexity index is 2040. The van der Waals surface area contributed by atoms with Crippen LogP contribution in [0.15, 0.2) is 76.7 Å². The fraction of sp³-hybridized carbons (Fsp3) is 0.361. The number of carboxylic acid groups (broad SMARTS) is 1. The second-order valence-corrected chi connectivity index (χ2v) is 15.7. The van der Waals surface area contributed by atoms with Crippen molar-refractivity contribution in [2.24, 2.45) is 0 Å². The van der Waals surface area contributed by atoms with E-state index in [0.29, 0.717) is 46.2 Å². The summed E-state index contributed by atoms with van der Waals surface area (Å²) in [6, 6.07) is 15.4. The van der Waals surface area contributed by atoms with Gasteiger partial charge in [0.2, 0.25) is 5.91 Å². The monoisotopic (exact) mass is 705 g/mol. The summed E-state index contributed by atoms with van der Waals surface area (Å²) in [5.74, 6) is -1.36. The maximum absolute atomic E-state index is 13.1. The standard InChI is InChI=1S/C36H43N5O8S/c1-22(2)50(47,48)30-17-15-26(18-25(30)20-41(6)35(46)49-36(3,4)5)39-31(42)9-7-8-23-10-12-24(13-11-23)32(34(44)45)40-27-14-16-29-28(19-27)33(43)38-21-37-29/h10-19,21-22,32,40H,7-9,20H2,1-6H3,(H,39,42)(H,44,45)(H,37,38,43). The highest BCUT2D eigenvalue weighted by molar-refractivity contribution is 7.92. The van der Waals surface area contributed by atoms with Gasteiger partial charge in [0.1, 0.15) is 5.60 Å². The molecule has 0 bridgehead atoms. The van der Waals surface area contributed by atoms with Crippen molar-refractivity contribution in [1.82, 2.24) is 14.9 Å². The SMILES string of the molecule is CC(C)S(=O)(=O)c1ccc(NC(=O)CCCc2ccc(C(Nc3ccc4nc[nH]c(=O)c4c3)C(=O)O)cc2)cc1CN(C)C(=O)OC(C)(C)C. The number of H-pyrrole nitrogens is 1. The van der Waals surface area contributed by atoms with E-state index in [0.717, 1.165) is 5.56 Å². The lowest BCUT2D eigenvalue weighted by Crippen LogP contribution is -2.34. The van der Waals surface area contributed by atoms with Crippen molar-refractivity contribution in [3.63, 3.8) is 0 Å². The lowest BCUT2D eigenvalue weighted by Gasteiger charge is -2.25. The van der Waals surface area contributed by atoms with Gasteiger partial charge in [0.15, 0.2) is 15.9 Å². The van der Waals surface area contributed by atoms with Gasteiger partial charge < -0.3 is 30.4 Å². The highest BCUT2D eigenvalue weighted by Gasteiger charge is 2.26. The van der Waals surface area contributed by atoms with E-state index in [9.17, 15) is 32.7 Å². The Hall–Kier alpha value is -5.24. The summed E-state index contributed by atoms with van der Waals surface area (Å²) >= 11 is 0. The topological polar surface area (TPSA) is 188 Å². The Morgan fingerprint density at radius 3 is 2.32 bits per heavy atom. The number of ether oxygens (including phenoxy) is 1. The van der Waals surface area contributed by atoms with Crippen molar-refractivity contribution in [1.29, 1.82) is 0 Å². The highest BCUT2D eigenvalue weighted by Crippen LogP contribution is 2.27. The molecule has 0 aliphatic rings. The minimum atomic E-state index is -3.69. The second-order valence-electron chi connectivity index (χ2n) is 13.3. The number of nitrogens with one attached hydrogen (secondary N) is 3. The number of benzene rings is 3. The molecule has 1 aromatic heterocycles. The Morgan fingerprint density at radius 2 is 1.68 bits per heavy atom. The van der Waals surface area contributed by atoms with E-state index in [1.54, 1.807) is 83.1 Å². The first-order valence-corrected chi connectivity index (χ1v) is 17.7.